The zero-order valence-electron chi connectivity index (χ0n) is 46.2. The molecule has 0 bridgehead atoms. The summed E-state index contributed by atoms with van der Waals surface area (Å²) in [5.74, 6) is 0. The summed E-state index contributed by atoms with van der Waals surface area (Å²) in [6.45, 7) is 1.04. The van der Waals surface area contributed by atoms with E-state index >= 15 is 0 Å². The van der Waals surface area contributed by atoms with Gasteiger partial charge in [-0.05, 0) is 96.5 Å². The van der Waals surface area contributed by atoms with Crippen LogP contribution in [0.4, 0.5) is 0 Å². The third kappa shape index (κ3) is 13.3. The first-order valence-corrected chi connectivity index (χ1v) is 29.9. The average molecular weight is 1040 g/mol. The lowest BCUT2D eigenvalue weighted by atomic mass is 9.97. The number of hydrogen-bond donors (Lipinski definition) is 0. The fourth-order valence-corrected chi connectivity index (χ4v) is 12.2. The maximum Gasteiger partial charge on any atom is 0.0734 e. The number of ether oxygens (including phenoxy) is 1. The van der Waals surface area contributed by atoms with Gasteiger partial charge in [0.1, 0.15) is 0 Å². The Morgan fingerprint density at radius 2 is 0.354 bits per heavy atom. The molecular formula is C74H76N4O. The normalized spacial score (nSPS) is 11.7. The molecule has 79 heavy (non-hydrogen) atoms. The first-order chi connectivity index (χ1) is 39.3. The predicted octanol–water partition coefficient (Wildman–Crippen LogP) is 20.7. The van der Waals surface area contributed by atoms with Crippen LogP contribution in [0.1, 0.15) is 138 Å². The maximum atomic E-state index is 6.38. The summed E-state index contributed by atoms with van der Waals surface area (Å²) in [6, 6.07) is 67.8. The molecule has 0 saturated carbocycles. The van der Waals surface area contributed by atoms with Crippen molar-refractivity contribution in [3.63, 3.8) is 0 Å². The Morgan fingerprint density at radius 1 is 0.190 bits per heavy atom. The third-order valence-corrected chi connectivity index (χ3v) is 16.4. The molecule has 0 atom stereocenters. The fraction of sp³-hybridized carbons (Fsp3) is 0.297. The zero-order valence-corrected chi connectivity index (χ0v) is 46.2. The van der Waals surface area contributed by atoms with Gasteiger partial charge in [-0.2, -0.15) is 0 Å². The summed E-state index contributed by atoms with van der Waals surface area (Å²) >= 11 is 0. The van der Waals surface area contributed by atoms with Crippen molar-refractivity contribution >= 4 is 87.2 Å². The van der Waals surface area contributed by atoms with Gasteiger partial charge in [0.2, 0.25) is 0 Å². The van der Waals surface area contributed by atoms with Crippen molar-refractivity contribution in [3.05, 3.63) is 216 Å². The molecule has 4 heterocycles. The van der Waals surface area contributed by atoms with Crippen LogP contribution in [0, 0.1) is 0 Å². The molecule has 12 rings (SSSR count). The molecule has 0 aliphatic heterocycles. The summed E-state index contributed by atoms with van der Waals surface area (Å²) in [5.41, 5.74) is 13.9. The minimum atomic E-state index is 0.522. The maximum absolute atomic E-state index is 6.38. The van der Waals surface area contributed by atoms with Crippen LogP contribution in [-0.2, 0) is 30.8 Å². The van der Waals surface area contributed by atoms with E-state index in [9.17, 15) is 0 Å². The number of nitrogens with zero attached hydrogens (tertiary/aromatic N) is 4. The van der Waals surface area contributed by atoms with Gasteiger partial charge in [-0.25, -0.2) is 19.9 Å². The second kappa shape index (κ2) is 27.3. The van der Waals surface area contributed by atoms with E-state index in [1.807, 2.05) is 24.3 Å². The number of hydrogen-bond acceptors (Lipinski definition) is 5. The Hall–Kier alpha value is -7.60. The van der Waals surface area contributed by atoms with Crippen LogP contribution >= 0.6 is 0 Å². The average Bonchev–Trinajstić information content (AvgIpc) is 3.57. The molecule has 0 fully saturated rings. The molecule has 12 aromatic rings. The molecule has 5 nitrogen and oxygen atoms in total. The molecule has 0 unspecified atom stereocenters. The zero-order chi connectivity index (χ0) is 53.3. The number of para-hydroxylation sites is 8. The highest BCUT2D eigenvalue weighted by Gasteiger charge is 2.14. The lowest BCUT2D eigenvalue weighted by molar-refractivity contribution is 0.110. The van der Waals surface area contributed by atoms with Crippen molar-refractivity contribution in [3.8, 4) is 0 Å². The van der Waals surface area contributed by atoms with E-state index in [1.54, 1.807) is 0 Å². The summed E-state index contributed by atoms with van der Waals surface area (Å²) < 4.78 is 6.38. The minimum absolute atomic E-state index is 0.522. The van der Waals surface area contributed by atoms with Crippen LogP contribution < -0.4 is 0 Å². The van der Waals surface area contributed by atoms with Gasteiger partial charge in [-0.1, -0.05) is 248 Å². The lowest BCUT2D eigenvalue weighted by Crippen LogP contribution is -2.00. The van der Waals surface area contributed by atoms with Gasteiger partial charge in [-0.15, -0.1) is 0 Å². The van der Waals surface area contributed by atoms with Crippen molar-refractivity contribution in [2.75, 3.05) is 0 Å². The van der Waals surface area contributed by atoms with Crippen LogP contribution in [0.25, 0.3) is 87.2 Å². The largest absolute Gasteiger partial charge is 0.372 e. The monoisotopic (exact) mass is 1040 g/mol. The summed E-state index contributed by atoms with van der Waals surface area (Å²) in [7, 11) is 0. The second-order valence-electron chi connectivity index (χ2n) is 21.9. The van der Waals surface area contributed by atoms with Crippen LogP contribution in [0.3, 0.4) is 0 Å². The van der Waals surface area contributed by atoms with E-state index in [1.165, 1.54) is 159 Å². The number of benzene rings is 8. The van der Waals surface area contributed by atoms with Gasteiger partial charge >= 0.3 is 0 Å². The molecule has 0 N–H and O–H groups in total. The van der Waals surface area contributed by atoms with Crippen LogP contribution in [0.2, 0.25) is 0 Å². The van der Waals surface area contributed by atoms with E-state index in [4.69, 9.17) is 24.7 Å². The van der Waals surface area contributed by atoms with Crippen molar-refractivity contribution < 1.29 is 4.74 Å². The molecule has 8 aromatic carbocycles. The quantitative estimate of drug-likeness (QED) is 0.0422. The molecule has 0 saturated heterocycles. The summed E-state index contributed by atoms with van der Waals surface area (Å²) in [6.07, 6.45) is 27.4. The SMILES string of the molecule is c1ccc2c(CCCCCCCCCCCCCCCCCCCCc3c4ccccc4nc4ccccc34)c3ccccc3nc2c1.c1ccc2c(COCc3c4ccccc4nc4ccccc34)c3ccccc3nc2c1. The van der Waals surface area contributed by atoms with Gasteiger partial charge in [0.05, 0.1) is 57.3 Å². The highest BCUT2D eigenvalue weighted by molar-refractivity contribution is 6.00. The minimum Gasteiger partial charge on any atom is -0.372 e. The second-order valence-corrected chi connectivity index (χ2v) is 21.9. The highest BCUT2D eigenvalue weighted by Crippen LogP contribution is 2.32. The smallest absolute Gasteiger partial charge is 0.0734 e. The molecular weight excluding hydrogens is 961 g/mol. The summed E-state index contributed by atoms with van der Waals surface area (Å²) in [5, 5.41) is 9.92. The van der Waals surface area contributed by atoms with Crippen LogP contribution in [0.15, 0.2) is 194 Å². The van der Waals surface area contributed by atoms with Gasteiger partial charge in [0.15, 0.2) is 0 Å². The topological polar surface area (TPSA) is 60.8 Å². The van der Waals surface area contributed by atoms with Crippen LogP contribution in [-0.4, -0.2) is 19.9 Å². The van der Waals surface area contributed by atoms with Crippen molar-refractivity contribution in [2.24, 2.45) is 0 Å². The number of aryl methyl sites for hydroxylation is 2. The Bertz CT molecular complexity index is 3470. The number of fused-ring (bicyclic) bond motifs is 8. The Labute approximate surface area is 467 Å². The lowest BCUT2D eigenvalue weighted by Gasteiger charge is -2.14. The third-order valence-electron chi connectivity index (χ3n) is 16.4. The van der Waals surface area contributed by atoms with Crippen molar-refractivity contribution in [1.29, 1.82) is 0 Å². The van der Waals surface area contributed by atoms with E-state index in [0.29, 0.717) is 13.2 Å². The van der Waals surface area contributed by atoms with E-state index in [-0.39, 0.29) is 0 Å². The molecule has 0 spiro atoms. The van der Waals surface area contributed by atoms with E-state index < -0.39 is 0 Å². The number of unbranched alkanes of at least 4 members (excludes halogenated alkanes) is 17. The number of aromatic nitrogens is 4. The van der Waals surface area contributed by atoms with Crippen molar-refractivity contribution in [1.82, 2.24) is 19.9 Å². The molecule has 398 valence electrons. The van der Waals surface area contributed by atoms with Gasteiger partial charge in [0, 0.05) is 43.1 Å². The first-order valence-electron chi connectivity index (χ1n) is 29.9. The van der Waals surface area contributed by atoms with E-state index in [2.05, 4.69) is 170 Å². The fourth-order valence-electron chi connectivity index (χ4n) is 12.2. The van der Waals surface area contributed by atoms with E-state index in [0.717, 1.165) is 78.5 Å². The summed E-state index contributed by atoms with van der Waals surface area (Å²) in [4.78, 5) is 19.4. The molecule has 0 aliphatic rings. The molecule has 4 aromatic heterocycles. The number of pyridine rings is 4. The number of rotatable bonds is 25. The highest BCUT2D eigenvalue weighted by atomic mass is 16.5. The Morgan fingerprint density at radius 3 is 0.557 bits per heavy atom. The first kappa shape index (κ1) is 53.4. The standard InChI is InChI=1S/C46H56N2.C28H20N2O/c1(3-5-7-9-11-13-15-17-27-37-39-29-19-23-33-43(39)47-44-34-24-20-30-40(37)44)2-4-6-8-10-12-14-16-18-28-38-41-31-21-25-35-45(41)48-46-36-26-22-32-42(38)46;1-5-13-25-19(9-1)23(20-10-2-6-14-26(20)29-25)17-31-18-24-21-11-3-7-15-27(21)30-28-16-8-4-12-22(24)28/h19-26,29-36H,1-18,27-28H2;1-16H,17-18H2. The molecule has 5 heteroatoms. The van der Waals surface area contributed by atoms with Crippen molar-refractivity contribution in [2.45, 2.75) is 142 Å². The van der Waals surface area contributed by atoms with Gasteiger partial charge < -0.3 is 4.74 Å². The van der Waals surface area contributed by atoms with Gasteiger partial charge in [0.25, 0.3) is 0 Å². The predicted molar refractivity (Wildman–Crippen MR) is 336 cm³/mol. The van der Waals surface area contributed by atoms with Gasteiger partial charge in [-0.3, -0.25) is 0 Å². The molecule has 0 amide bonds. The van der Waals surface area contributed by atoms with Crippen LogP contribution in [0.5, 0.6) is 0 Å². The molecule has 0 radical (unpaired) electrons. The Balaban J connectivity index is 0.000000182. The Kier molecular flexibility index (Phi) is 18.5. The molecule has 0 aliphatic carbocycles.